The number of thiocarbonyl (C=S) groups is 1. The summed E-state index contributed by atoms with van der Waals surface area (Å²) in [5.41, 5.74) is 1.07. The molecule has 14 heavy (non-hydrogen) atoms. The van der Waals surface area contributed by atoms with E-state index in [1.54, 1.807) is 0 Å². The van der Waals surface area contributed by atoms with E-state index in [9.17, 15) is 0 Å². The van der Waals surface area contributed by atoms with Crippen molar-refractivity contribution in [1.82, 2.24) is 0 Å². The van der Waals surface area contributed by atoms with Crippen LogP contribution in [-0.2, 0) is 0 Å². The molecule has 0 aliphatic rings. The van der Waals surface area contributed by atoms with Gasteiger partial charge in [-0.05, 0) is 25.5 Å². The maximum absolute atomic E-state index is 5.20. The van der Waals surface area contributed by atoms with Gasteiger partial charge < -0.3 is 5.32 Å². The first-order valence-corrected chi connectivity index (χ1v) is 5.20. The second-order valence-electron chi connectivity index (χ2n) is 3.02. The summed E-state index contributed by atoms with van der Waals surface area (Å²) < 4.78 is 0. The Morgan fingerprint density at radius 3 is 2.71 bits per heavy atom. The smallest absolute Gasteiger partial charge is 0.0800 e. The van der Waals surface area contributed by atoms with Crippen molar-refractivity contribution < 1.29 is 0 Å². The lowest BCUT2D eigenvalue weighted by Crippen LogP contribution is -2.07. The van der Waals surface area contributed by atoms with Crippen LogP contribution in [-0.4, -0.2) is 4.99 Å². The molecule has 0 saturated carbocycles. The number of benzene rings is 1. The van der Waals surface area contributed by atoms with Gasteiger partial charge in [-0.15, -0.1) is 0 Å². The van der Waals surface area contributed by atoms with Crippen molar-refractivity contribution in [2.45, 2.75) is 19.8 Å². The molecule has 0 saturated heterocycles. The molecule has 0 atom stereocenters. The van der Waals surface area contributed by atoms with E-state index in [0.29, 0.717) is 0 Å². The summed E-state index contributed by atoms with van der Waals surface area (Å²) in [5, 5.41) is 3.20. The van der Waals surface area contributed by atoms with E-state index in [1.165, 1.54) is 0 Å². The molecule has 1 rings (SSSR count). The lowest BCUT2D eigenvalue weighted by molar-refractivity contribution is 1.10. The Morgan fingerprint density at radius 1 is 1.36 bits per heavy atom. The Kier molecular flexibility index (Phi) is 4.94. The maximum atomic E-state index is 5.20. The number of para-hydroxylation sites is 1. The highest BCUT2D eigenvalue weighted by atomic mass is 32.1. The molecule has 1 aromatic rings. The lowest BCUT2D eigenvalue weighted by Gasteiger charge is -2.05. The molecule has 0 fully saturated rings. The first kappa shape index (κ1) is 10.9. The molecule has 1 nitrogen and oxygen atoms in total. The summed E-state index contributed by atoms with van der Waals surface area (Å²) in [6.07, 6.45) is 6.09. The fourth-order valence-electron chi connectivity index (χ4n) is 1.13. The fraction of sp³-hybridized carbons (Fsp3) is 0.250. The summed E-state index contributed by atoms with van der Waals surface area (Å²) in [4.78, 5) is 0.898. The standard InChI is InChI=1S/C12H15NS/c1-2-3-5-10-12(14)13-11-8-6-4-7-9-11/h2-4,6-9H,5,10H2,1H3,(H,13,14). The molecule has 0 amide bonds. The maximum Gasteiger partial charge on any atom is 0.0800 e. The zero-order chi connectivity index (χ0) is 10.2. The van der Waals surface area contributed by atoms with Crippen LogP contribution in [0.5, 0.6) is 0 Å². The largest absolute Gasteiger partial charge is 0.350 e. The van der Waals surface area contributed by atoms with E-state index >= 15 is 0 Å². The summed E-state index contributed by atoms with van der Waals surface area (Å²) in [7, 11) is 0. The molecular weight excluding hydrogens is 190 g/mol. The molecular formula is C12H15NS. The molecule has 0 aliphatic carbocycles. The summed E-state index contributed by atoms with van der Waals surface area (Å²) in [6.45, 7) is 2.02. The van der Waals surface area contributed by atoms with Crippen molar-refractivity contribution in [3.8, 4) is 0 Å². The van der Waals surface area contributed by atoms with Crippen LogP contribution < -0.4 is 5.32 Å². The van der Waals surface area contributed by atoms with Crippen LogP contribution in [0.2, 0.25) is 0 Å². The number of nitrogens with one attached hydrogen (secondary N) is 1. The number of hydrogen-bond acceptors (Lipinski definition) is 1. The van der Waals surface area contributed by atoms with Gasteiger partial charge in [0.15, 0.2) is 0 Å². The van der Waals surface area contributed by atoms with Crippen LogP contribution in [0.4, 0.5) is 5.69 Å². The minimum absolute atomic E-state index is 0.898. The van der Waals surface area contributed by atoms with Crippen LogP contribution >= 0.6 is 12.2 Å². The van der Waals surface area contributed by atoms with Crippen LogP contribution in [0, 0.1) is 0 Å². The van der Waals surface area contributed by atoms with Gasteiger partial charge in [0.1, 0.15) is 0 Å². The monoisotopic (exact) mass is 205 g/mol. The summed E-state index contributed by atoms with van der Waals surface area (Å²) in [6, 6.07) is 10.0. The van der Waals surface area contributed by atoms with Gasteiger partial charge >= 0.3 is 0 Å². The second kappa shape index (κ2) is 6.33. The van der Waals surface area contributed by atoms with Crippen LogP contribution in [0.3, 0.4) is 0 Å². The topological polar surface area (TPSA) is 12.0 Å². The van der Waals surface area contributed by atoms with E-state index in [1.807, 2.05) is 43.3 Å². The second-order valence-corrected chi connectivity index (χ2v) is 3.51. The predicted molar refractivity (Wildman–Crippen MR) is 66.7 cm³/mol. The molecule has 0 radical (unpaired) electrons. The number of anilines is 1. The molecule has 0 spiro atoms. The van der Waals surface area contributed by atoms with Gasteiger partial charge in [0.2, 0.25) is 0 Å². The molecule has 0 aromatic heterocycles. The van der Waals surface area contributed by atoms with Gasteiger partial charge in [-0.1, -0.05) is 42.6 Å². The third-order valence-corrected chi connectivity index (χ3v) is 2.14. The van der Waals surface area contributed by atoms with Crippen molar-refractivity contribution in [3.05, 3.63) is 42.5 Å². The van der Waals surface area contributed by atoms with E-state index in [0.717, 1.165) is 23.5 Å². The Labute approximate surface area is 90.8 Å². The molecule has 74 valence electrons. The fourth-order valence-corrected chi connectivity index (χ4v) is 1.36. The first-order chi connectivity index (χ1) is 6.83. The average Bonchev–Trinajstić information content (AvgIpc) is 2.20. The van der Waals surface area contributed by atoms with Crippen molar-refractivity contribution in [2.24, 2.45) is 0 Å². The van der Waals surface area contributed by atoms with Crippen LogP contribution in [0.1, 0.15) is 19.8 Å². The normalized spacial score (nSPS) is 10.4. The van der Waals surface area contributed by atoms with Crippen molar-refractivity contribution in [3.63, 3.8) is 0 Å². The third-order valence-electron chi connectivity index (χ3n) is 1.83. The quantitative estimate of drug-likeness (QED) is 0.593. The number of hydrogen-bond donors (Lipinski definition) is 1. The summed E-state index contributed by atoms with van der Waals surface area (Å²) in [5.74, 6) is 0. The minimum Gasteiger partial charge on any atom is -0.350 e. The Bertz CT molecular complexity index is 303. The van der Waals surface area contributed by atoms with Crippen molar-refractivity contribution >= 4 is 22.9 Å². The first-order valence-electron chi connectivity index (χ1n) is 4.79. The van der Waals surface area contributed by atoms with E-state index < -0.39 is 0 Å². The van der Waals surface area contributed by atoms with Gasteiger partial charge in [0.25, 0.3) is 0 Å². The summed E-state index contributed by atoms with van der Waals surface area (Å²) >= 11 is 5.20. The van der Waals surface area contributed by atoms with Gasteiger partial charge in [0.05, 0.1) is 4.99 Å². The molecule has 1 aromatic carbocycles. The molecule has 0 unspecified atom stereocenters. The van der Waals surface area contributed by atoms with Gasteiger partial charge in [-0.2, -0.15) is 0 Å². The lowest BCUT2D eigenvalue weighted by atomic mass is 10.2. The van der Waals surface area contributed by atoms with E-state index in [4.69, 9.17) is 12.2 Å². The van der Waals surface area contributed by atoms with Crippen molar-refractivity contribution in [2.75, 3.05) is 5.32 Å². The van der Waals surface area contributed by atoms with E-state index in [-0.39, 0.29) is 0 Å². The van der Waals surface area contributed by atoms with E-state index in [2.05, 4.69) is 11.4 Å². The number of allylic oxidation sites excluding steroid dienone is 2. The molecule has 0 heterocycles. The van der Waals surface area contributed by atoms with Crippen molar-refractivity contribution in [1.29, 1.82) is 0 Å². The SMILES string of the molecule is CC=CCCC(=S)Nc1ccccc1. The minimum atomic E-state index is 0.898. The van der Waals surface area contributed by atoms with Gasteiger partial charge in [0, 0.05) is 12.1 Å². The molecule has 2 heteroatoms. The highest BCUT2D eigenvalue weighted by Crippen LogP contribution is 2.07. The third kappa shape index (κ3) is 4.19. The van der Waals surface area contributed by atoms with Gasteiger partial charge in [-0.3, -0.25) is 0 Å². The number of rotatable bonds is 4. The Hall–Kier alpha value is -1.15. The zero-order valence-electron chi connectivity index (χ0n) is 8.36. The predicted octanol–water partition coefficient (Wildman–Crippen LogP) is 3.78. The molecule has 1 N–H and O–H groups in total. The van der Waals surface area contributed by atoms with Gasteiger partial charge in [-0.25, -0.2) is 0 Å². The Morgan fingerprint density at radius 2 is 2.07 bits per heavy atom. The molecule has 0 aliphatic heterocycles. The molecule has 0 bridgehead atoms. The van der Waals surface area contributed by atoms with Crippen LogP contribution in [0.15, 0.2) is 42.5 Å². The zero-order valence-corrected chi connectivity index (χ0v) is 9.18. The van der Waals surface area contributed by atoms with Crippen LogP contribution in [0.25, 0.3) is 0 Å². The highest BCUT2D eigenvalue weighted by molar-refractivity contribution is 7.80. The Balaban J connectivity index is 2.34. The average molecular weight is 205 g/mol. The highest BCUT2D eigenvalue weighted by Gasteiger charge is 1.94.